The lowest BCUT2D eigenvalue weighted by Crippen LogP contribution is -2.49. The maximum absolute atomic E-state index is 11.6. The molecule has 6 N–H and O–H groups in total. The molecule has 2 amide bonds. The number of hydrogen-bond donors (Lipinski definition) is 4. The molecule has 0 aliphatic heterocycles. The highest BCUT2D eigenvalue weighted by Crippen LogP contribution is 2.10. The molecule has 98 valence electrons. The number of hydrogen-bond acceptors (Lipinski definition) is 4. The molecular weight excluding hydrogens is 234 g/mol. The van der Waals surface area contributed by atoms with Crippen LogP contribution in [0.25, 0.3) is 0 Å². The van der Waals surface area contributed by atoms with Crippen LogP contribution in [0, 0.1) is 0 Å². The first-order valence-electron chi connectivity index (χ1n) is 5.53. The van der Waals surface area contributed by atoms with E-state index >= 15 is 0 Å². The summed E-state index contributed by atoms with van der Waals surface area (Å²) < 4.78 is 0. The van der Waals surface area contributed by atoms with E-state index in [0.717, 1.165) is 5.56 Å². The van der Waals surface area contributed by atoms with Gasteiger partial charge in [0.1, 0.15) is 11.8 Å². The molecule has 2 unspecified atom stereocenters. The minimum Gasteiger partial charge on any atom is -0.508 e. The fourth-order valence-corrected chi connectivity index (χ4v) is 1.37. The van der Waals surface area contributed by atoms with Crippen LogP contribution in [0.2, 0.25) is 0 Å². The van der Waals surface area contributed by atoms with Gasteiger partial charge in [0.05, 0.1) is 6.04 Å². The lowest BCUT2D eigenvalue weighted by atomic mass is 10.1. The summed E-state index contributed by atoms with van der Waals surface area (Å²) in [7, 11) is 0. The lowest BCUT2D eigenvalue weighted by Gasteiger charge is -2.15. The molecule has 6 nitrogen and oxygen atoms in total. The molecule has 0 spiro atoms. The van der Waals surface area contributed by atoms with Crippen LogP contribution < -0.4 is 16.8 Å². The van der Waals surface area contributed by atoms with Crippen molar-refractivity contribution in [2.45, 2.75) is 25.4 Å². The normalized spacial score (nSPS) is 13.7. The van der Waals surface area contributed by atoms with Crippen LogP contribution in [0.3, 0.4) is 0 Å². The monoisotopic (exact) mass is 251 g/mol. The Morgan fingerprint density at radius 2 is 1.89 bits per heavy atom. The molecule has 0 aromatic heterocycles. The van der Waals surface area contributed by atoms with E-state index in [0.29, 0.717) is 6.42 Å². The van der Waals surface area contributed by atoms with E-state index in [1.165, 1.54) is 19.1 Å². The Morgan fingerprint density at radius 3 is 2.39 bits per heavy atom. The second-order valence-corrected chi connectivity index (χ2v) is 4.11. The summed E-state index contributed by atoms with van der Waals surface area (Å²) in [6, 6.07) is 4.89. The molecule has 2 atom stereocenters. The zero-order valence-electron chi connectivity index (χ0n) is 10.1. The Morgan fingerprint density at radius 1 is 1.33 bits per heavy atom. The predicted molar refractivity (Wildman–Crippen MR) is 66.6 cm³/mol. The van der Waals surface area contributed by atoms with Gasteiger partial charge in [0.25, 0.3) is 0 Å². The maximum atomic E-state index is 11.6. The number of carbonyl (C=O) groups excluding carboxylic acids is 2. The highest BCUT2D eigenvalue weighted by atomic mass is 16.3. The molecular formula is C12H17N3O3. The number of nitrogens with one attached hydrogen (secondary N) is 1. The smallest absolute Gasteiger partial charge is 0.239 e. The van der Waals surface area contributed by atoms with Gasteiger partial charge in [-0.05, 0) is 31.0 Å². The average molecular weight is 251 g/mol. The largest absolute Gasteiger partial charge is 0.508 e. The third-order valence-electron chi connectivity index (χ3n) is 2.51. The SMILES string of the molecule is CC(NC(=O)C(N)Cc1ccc(O)cc1)C(N)=O. The number of amides is 2. The zero-order valence-corrected chi connectivity index (χ0v) is 10.1. The van der Waals surface area contributed by atoms with Gasteiger partial charge < -0.3 is 21.9 Å². The first-order chi connectivity index (χ1) is 8.40. The van der Waals surface area contributed by atoms with E-state index < -0.39 is 23.9 Å². The quantitative estimate of drug-likeness (QED) is 0.550. The number of carbonyl (C=O) groups is 2. The van der Waals surface area contributed by atoms with Gasteiger partial charge in [0.2, 0.25) is 11.8 Å². The summed E-state index contributed by atoms with van der Waals surface area (Å²) in [5.74, 6) is -0.895. The average Bonchev–Trinajstić information content (AvgIpc) is 2.31. The minimum atomic E-state index is -0.767. The van der Waals surface area contributed by atoms with Crippen LogP contribution in [0.4, 0.5) is 0 Å². The van der Waals surface area contributed by atoms with Crippen molar-refractivity contribution in [2.75, 3.05) is 0 Å². The van der Waals surface area contributed by atoms with Crippen molar-refractivity contribution in [1.29, 1.82) is 0 Å². The number of benzene rings is 1. The van der Waals surface area contributed by atoms with Gasteiger partial charge in [-0.25, -0.2) is 0 Å². The summed E-state index contributed by atoms with van der Waals surface area (Å²) in [5.41, 5.74) is 11.6. The van der Waals surface area contributed by atoms with Crippen LogP contribution in [-0.4, -0.2) is 29.0 Å². The van der Waals surface area contributed by atoms with E-state index in [9.17, 15) is 9.59 Å². The Bertz CT molecular complexity index is 431. The van der Waals surface area contributed by atoms with Gasteiger partial charge in [-0.2, -0.15) is 0 Å². The van der Waals surface area contributed by atoms with Crippen LogP contribution in [0.5, 0.6) is 5.75 Å². The fraction of sp³-hybridized carbons (Fsp3) is 0.333. The molecule has 0 bridgehead atoms. The maximum Gasteiger partial charge on any atom is 0.239 e. The van der Waals surface area contributed by atoms with Crippen molar-refractivity contribution in [3.63, 3.8) is 0 Å². The van der Waals surface area contributed by atoms with Gasteiger partial charge in [0.15, 0.2) is 0 Å². The fourth-order valence-electron chi connectivity index (χ4n) is 1.37. The first kappa shape index (κ1) is 14.0. The Kier molecular flexibility index (Phi) is 4.67. The third kappa shape index (κ3) is 4.06. The van der Waals surface area contributed by atoms with Crippen molar-refractivity contribution in [2.24, 2.45) is 11.5 Å². The summed E-state index contributed by atoms with van der Waals surface area (Å²) in [6.07, 6.45) is 0.317. The van der Waals surface area contributed by atoms with Crippen molar-refractivity contribution in [3.05, 3.63) is 29.8 Å². The van der Waals surface area contributed by atoms with Crippen LogP contribution in [0.1, 0.15) is 12.5 Å². The van der Waals surface area contributed by atoms with Crippen LogP contribution in [0.15, 0.2) is 24.3 Å². The van der Waals surface area contributed by atoms with E-state index in [-0.39, 0.29) is 5.75 Å². The standard InChI is InChI=1S/C12H17N3O3/c1-7(11(14)17)15-12(18)10(13)6-8-2-4-9(16)5-3-8/h2-5,7,10,16H,6,13H2,1H3,(H2,14,17)(H,15,18). The van der Waals surface area contributed by atoms with Gasteiger partial charge in [-0.3, -0.25) is 9.59 Å². The molecule has 0 fully saturated rings. The Hall–Kier alpha value is -2.08. The van der Waals surface area contributed by atoms with Crippen molar-refractivity contribution in [1.82, 2.24) is 5.32 Å². The number of primary amides is 1. The van der Waals surface area contributed by atoms with E-state index in [1.54, 1.807) is 12.1 Å². The molecule has 0 saturated heterocycles. The Labute approximate surface area is 105 Å². The number of rotatable bonds is 5. The van der Waals surface area contributed by atoms with Crippen LogP contribution in [-0.2, 0) is 16.0 Å². The summed E-state index contributed by atoms with van der Waals surface area (Å²) >= 11 is 0. The summed E-state index contributed by atoms with van der Waals surface area (Å²) in [4.78, 5) is 22.4. The molecule has 0 aliphatic carbocycles. The zero-order chi connectivity index (χ0) is 13.7. The molecule has 0 saturated carbocycles. The van der Waals surface area contributed by atoms with Crippen molar-refractivity contribution in [3.8, 4) is 5.75 Å². The van der Waals surface area contributed by atoms with Crippen LogP contribution >= 0.6 is 0 Å². The highest BCUT2D eigenvalue weighted by Gasteiger charge is 2.18. The van der Waals surface area contributed by atoms with E-state index in [2.05, 4.69) is 5.32 Å². The molecule has 1 rings (SSSR count). The molecule has 6 heteroatoms. The second kappa shape index (κ2) is 6.02. The predicted octanol–water partition coefficient (Wildman–Crippen LogP) is -0.748. The van der Waals surface area contributed by atoms with Gasteiger partial charge in [-0.15, -0.1) is 0 Å². The molecule has 1 aromatic carbocycles. The van der Waals surface area contributed by atoms with Gasteiger partial charge in [-0.1, -0.05) is 12.1 Å². The highest BCUT2D eigenvalue weighted by molar-refractivity contribution is 5.88. The summed E-state index contributed by atoms with van der Waals surface area (Å²) in [5, 5.41) is 11.5. The first-order valence-corrected chi connectivity index (χ1v) is 5.53. The molecule has 0 heterocycles. The minimum absolute atomic E-state index is 0.152. The van der Waals surface area contributed by atoms with Crippen molar-refractivity contribution < 1.29 is 14.7 Å². The topological polar surface area (TPSA) is 118 Å². The molecule has 0 radical (unpaired) electrons. The molecule has 0 aliphatic rings. The number of nitrogens with two attached hydrogens (primary N) is 2. The number of phenolic OH excluding ortho intramolecular Hbond substituents is 1. The Balaban J connectivity index is 2.54. The van der Waals surface area contributed by atoms with Gasteiger partial charge >= 0.3 is 0 Å². The van der Waals surface area contributed by atoms with E-state index in [1.807, 2.05) is 0 Å². The lowest BCUT2D eigenvalue weighted by molar-refractivity contribution is -0.127. The van der Waals surface area contributed by atoms with E-state index in [4.69, 9.17) is 16.6 Å². The van der Waals surface area contributed by atoms with Gasteiger partial charge in [0, 0.05) is 0 Å². The summed E-state index contributed by atoms with van der Waals surface area (Å²) in [6.45, 7) is 1.49. The molecule has 18 heavy (non-hydrogen) atoms. The number of phenols is 1. The number of aromatic hydroxyl groups is 1. The second-order valence-electron chi connectivity index (χ2n) is 4.11. The van der Waals surface area contributed by atoms with Crippen molar-refractivity contribution >= 4 is 11.8 Å². The molecule has 1 aromatic rings. The third-order valence-corrected chi connectivity index (χ3v) is 2.51.